The van der Waals surface area contributed by atoms with E-state index in [1.54, 1.807) is 0 Å². The van der Waals surface area contributed by atoms with Gasteiger partial charge in [-0.15, -0.1) is 0 Å². The first-order chi connectivity index (χ1) is 26.2. The standard InChI is InChI=1S/C49H31N3O/c1-4-13-32(14-5-1)39-28-40(33-15-6-2-7-16-33)30-41(29-39)42-21-12-22-44-46(42)43-26-25-38(31-45(43)53-44)49-51-47(35-18-8-3-9-19-35)50-48(52-49)37-24-23-34-17-10-11-20-36(34)27-37/h1-31H. The highest BCUT2D eigenvalue weighted by Gasteiger charge is 2.18. The predicted molar refractivity (Wildman–Crippen MR) is 217 cm³/mol. The fourth-order valence-corrected chi connectivity index (χ4v) is 7.26. The molecule has 8 aromatic carbocycles. The zero-order valence-electron chi connectivity index (χ0n) is 28.6. The van der Waals surface area contributed by atoms with Crippen LogP contribution in [-0.4, -0.2) is 15.0 Å². The van der Waals surface area contributed by atoms with Crippen molar-refractivity contribution in [2.24, 2.45) is 0 Å². The van der Waals surface area contributed by atoms with Gasteiger partial charge in [-0.25, -0.2) is 15.0 Å². The largest absolute Gasteiger partial charge is 0.456 e. The molecule has 0 saturated heterocycles. The second-order valence-corrected chi connectivity index (χ2v) is 13.3. The Morgan fingerprint density at radius 2 is 0.830 bits per heavy atom. The molecule has 0 radical (unpaired) electrons. The van der Waals surface area contributed by atoms with Gasteiger partial charge >= 0.3 is 0 Å². The molecule has 4 nitrogen and oxygen atoms in total. The maximum absolute atomic E-state index is 6.61. The van der Waals surface area contributed by atoms with Crippen molar-refractivity contribution in [2.75, 3.05) is 0 Å². The third-order valence-corrected chi connectivity index (χ3v) is 9.89. The van der Waals surface area contributed by atoms with Gasteiger partial charge in [-0.3, -0.25) is 0 Å². The maximum atomic E-state index is 6.61. The number of fused-ring (bicyclic) bond motifs is 4. The highest BCUT2D eigenvalue weighted by atomic mass is 16.3. The first-order valence-electron chi connectivity index (χ1n) is 17.8. The lowest BCUT2D eigenvalue weighted by Gasteiger charge is -2.12. The first kappa shape index (κ1) is 30.6. The number of benzene rings is 8. The van der Waals surface area contributed by atoms with Crippen LogP contribution in [0.3, 0.4) is 0 Å². The SMILES string of the molecule is c1ccc(-c2cc(-c3ccccc3)cc(-c3cccc4oc5cc(-c6nc(-c7ccccc7)nc(-c7ccc8ccccc8c7)n6)ccc5c34)c2)cc1. The van der Waals surface area contributed by atoms with Crippen LogP contribution in [0.25, 0.3) is 100 Å². The van der Waals surface area contributed by atoms with E-state index < -0.39 is 0 Å². The molecule has 0 aliphatic carbocycles. The zero-order valence-corrected chi connectivity index (χ0v) is 28.6. The molecule has 2 aromatic heterocycles. The minimum absolute atomic E-state index is 0.590. The highest BCUT2D eigenvalue weighted by Crippen LogP contribution is 2.41. The van der Waals surface area contributed by atoms with Crippen LogP contribution < -0.4 is 0 Å². The van der Waals surface area contributed by atoms with Crippen LogP contribution in [0.5, 0.6) is 0 Å². The number of hydrogen-bond acceptors (Lipinski definition) is 4. The lowest BCUT2D eigenvalue weighted by Crippen LogP contribution is -2.00. The first-order valence-corrected chi connectivity index (χ1v) is 17.8. The quantitative estimate of drug-likeness (QED) is 0.176. The Labute approximate surface area is 306 Å². The summed E-state index contributed by atoms with van der Waals surface area (Å²) in [5.74, 6) is 1.84. The molecule has 0 unspecified atom stereocenters. The summed E-state index contributed by atoms with van der Waals surface area (Å²) >= 11 is 0. The minimum atomic E-state index is 0.590. The number of nitrogens with zero attached hydrogens (tertiary/aromatic N) is 3. The molecular formula is C49H31N3O. The molecule has 0 bridgehead atoms. The number of furan rings is 1. The summed E-state index contributed by atoms with van der Waals surface area (Å²) < 4.78 is 6.61. The summed E-state index contributed by atoms with van der Waals surface area (Å²) in [4.78, 5) is 15.0. The topological polar surface area (TPSA) is 51.8 Å². The number of hydrogen-bond donors (Lipinski definition) is 0. The van der Waals surface area contributed by atoms with E-state index >= 15 is 0 Å². The Morgan fingerprint density at radius 1 is 0.302 bits per heavy atom. The van der Waals surface area contributed by atoms with Gasteiger partial charge in [0.25, 0.3) is 0 Å². The van der Waals surface area contributed by atoms with Crippen molar-refractivity contribution in [3.05, 3.63) is 188 Å². The van der Waals surface area contributed by atoms with Crippen LogP contribution in [0, 0.1) is 0 Å². The normalized spacial score (nSPS) is 11.4. The molecule has 248 valence electrons. The molecule has 0 atom stereocenters. The molecule has 0 amide bonds. The van der Waals surface area contributed by atoms with Gasteiger partial charge in [0.05, 0.1) is 0 Å². The zero-order chi connectivity index (χ0) is 35.1. The molecule has 0 saturated carbocycles. The van der Waals surface area contributed by atoms with Gasteiger partial charge in [-0.05, 0) is 86.6 Å². The average molecular weight is 678 g/mol. The number of rotatable bonds is 6. The summed E-state index contributed by atoms with van der Waals surface area (Å²) in [6, 6.07) is 65.3. The second-order valence-electron chi connectivity index (χ2n) is 13.3. The molecule has 2 heterocycles. The lowest BCUT2D eigenvalue weighted by molar-refractivity contribution is 0.669. The monoisotopic (exact) mass is 677 g/mol. The number of aromatic nitrogens is 3. The summed E-state index contributed by atoms with van der Waals surface area (Å²) in [5, 5.41) is 4.43. The van der Waals surface area contributed by atoms with Crippen LogP contribution in [-0.2, 0) is 0 Å². The van der Waals surface area contributed by atoms with Gasteiger partial charge in [0, 0.05) is 27.5 Å². The molecular weight excluding hydrogens is 647 g/mol. The average Bonchev–Trinajstić information content (AvgIpc) is 3.62. The van der Waals surface area contributed by atoms with E-state index in [0.717, 1.165) is 55.1 Å². The van der Waals surface area contributed by atoms with Crippen LogP contribution in [0.2, 0.25) is 0 Å². The van der Waals surface area contributed by atoms with Crippen LogP contribution in [0.1, 0.15) is 0 Å². The van der Waals surface area contributed by atoms with E-state index in [-0.39, 0.29) is 0 Å². The fourth-order valence-electron chi connectivity index (χ4n) is 7.26. The van der Waals surface area contributed by atoms with Crippen LogP contribution in [0.15, 0.2) is 192 Å². The van der Waals surface area contributed by atoms with Gasteiger partial charge in [-0.2, -0.15) is 0 Å². The van der Waals surface area contributed by atoms with Gasteiger partial charge < -0.3 is 4.42 Å². The van der Waals surface area contributed by atoms with Crippen LogP contribution >= 0.6 is 0 Å². The van der Waals surface area contributed by atoms with Gasteiger partial charge in [0.1, 0.15) is 11.2 Å². The maximum Gasteiger partial charge on any atom is 0.164 e. The van der Waals surface area contributed by atoms with E-state index in [1.165, 1.54) is 27.6 Å². The van der Waals surface area contributed by atoms with Crippen molar-refractivity contribution >= 4 is 32.7 Å². The summed E-state index contributed by atoms with van der Waals surface area (Å²) in [6.45, 7) is 0. The van der Waals surface area contributed by atoms with Crippen LogP contribution in [0.4, 0.5) is 0 Å². The van der Waals surface area contributed by atoms with Crippen molar-refractivity contribution in [1.82, 2.24) is 15.0 Å². The third kappa shape index (κ3) is 5.73. The van der Waals surface area contributed by atoms with Gasteiger partial charge in [0.15, 0.2) is 17.5 Å². The highest BCUT2D eigenvalue weighted by molar-refractivity contribution is 6.13. The van der Waals surface area contributed by atoms with Crippen molar-refractivity contribution in [3.63, 3.8) is 0 Å². The summed E-state index contributed by atoms with van der Waals surface area (Å²) in [7, 11) is 0. The van der Waals surface area contributed by atoms with Gasteiger partial charge in [-0.1, -0.05) is 146 Å². The smallest absolute Gasteiger partial charge is 0.164 e. The molecule has 10 rings (SSSR count). The lowest BCUT2D eigenvalue weighted by atomic mass is 9.91. The van der Waals surface area contributed by atoms with E-state index in [4.69, 9.17) is 19.4 Å². The van der Waals surface area contributed by atoms with Gasteiger partial charge in [0.2, 0.25) is 0 Å². The van der Waals surface area contributed by atoms with Crippen molar-refractivity contribution < 1.29 is 4.42 Å². The molecule has 53 heavy (non-hydrogen) atoms. The Balaban J connectivity index is 1.13. The van der Waals surface area contributed by atoms with E-state index in [1.807, 2.05) is 36.4 Å². The molecule has 0 fully saturated rings. The van der Waals surface area contributed by atoms with E-state index in [0.29, 0.717) is 17.5 Å². The molecule has 0 aliphatic rings. The Bertz CT molecular complexity index is 2880. The third-order valence-electron chi connectivity index (χ3n) is 9.89. The summed E-state index contributed by atoms with van der Waals surface area (Å²) in [6.07, 6.45) is 0. The van der Waals surface area contributed by atoms with Crippen molar-refractivity contribution in [1.29, 1.82) is 0 Å². The second kappa shape index (κ2) is 12.9. The predicted octanol–water partition coefficient (Wildman–Crippen LogP) is 12.9. The summed E-state index contributed by atoms with van der Waals surface area (Å²) in [5.41, 5.74) is 11.3. The molecule has 10 aromatic rings. The van der Waals surface area contributed by atoms with Crippen molar-refractivity contribution in [3.8, 4) is 67.5 Å². The van der Waals surface area contributed by atoms with Crippen molar-refractivity contribution in [2.45, 2.75) is 0 Å². The Morgan fingerprint density at radius 3 is 1.49 bits per heavy atom. The molecule has 0 aliphatic heterocycles. The Kier molecular flexibility index (Phi) is 7.43. The molecule has 4 heteroatoms. The molecule has 0 spiro atoms. The van der Waals surface area contributed by atoms with E-state index in [2.05, 4.69) is 152 Å². The molecule has 0 N–H and O–H groups in total. The Hall–Kier alpha value is -7.17. The fraction of sp³-hybridized carbons (Fsp3) is 0. The van der Waals surface area contributed by atoms with E-state index in [9.17, 15) is 0 Å². The minimum Gasteiger partial charge on any atom is -0.456 e.